The van der Waals surface area contributed by atoms with Gasteiger partial charge in [0.05, 0.1) is 0 Å². The molecule has 6 amide bonds. The Labute approximate surface area is 131 Å². The highest BCUT2D eigenvalue weighted by Gasteiger charge is 2.15. The van der Waals surface area contributed by atoms with Gasteiger partial charge in [-0.15, -0.1) is 5.10 Å². The van der Waals surface area contributed by atoms with Crippen molar-refractivity contribution in [2.45, 2.75) is 0 Å². The summed E-state index contributed by atoms with van der Waals surface area (Å²) in [4.78, 5) is 35.8. The van der Waals surface area contributed by atoms with Crippen LogP contribution in [0, 0.1) is 0 Å². The topological polar surface area (TPSA) is 169 Å². The Kier molecular flexibility index (Phi) is 7.60. The molecule has 0 saturated heterocycles. The SMILES string of the molecule is CNC(=O)NCCN(CCNC(=O)NC)C(=O)Nc1nn[nH]n1. The fraction of sp³-hybridized carbons (Fsp3) is 0.600. The van der Waals surface area contributed by atoms with Gasteiger partial charge >= 0.3 is 18.1 Å². The van der Waals surface area contributed by atoms with Crippen molar-refractivity contribution in [1.29, 1.82) is 0 Å². The van der Waals surface area contributed by atoms with E-state index in [1.807, 2.05) is 0 Å². The Morgan fingerprint density at radius 2 is 1.61 bits per heavy atom. The lowest BCUT2D eigenvalue weighted by molar-refractivity contribution is 0.208. The number of hydrogen-bond donors (Lipinski definition) is 6. The van der Waals surface area contributed by atoms with E-state index in [0.29, 0.717) is 0 Å². The number of aromatic amines is 1. The fourth-order valence-corrected chi connectivity index (χ4v) is 1.49. The van der Waals surface area contributed by atoms with Crippen molar-refractivity contribution in [2.75, 3.05) is 45.6 Å². The summed E-state index contributed by atoms with van der Waals surface area (Å²) in [7, 11) is 2.98. The molecule has 0 saturated carbocycles. The van der Waals surface area contributed by atoms with Gasteiger partial charge in [-0.2, -0.15) is 5.21 Å². The standard InChI is InChI=1S/C10H20N10O3/c1-11-8(21)13-3-5-20(6-4-14-9(22)12-2)10(23)15-7-16-18-19-17-7/h3-6H2,1-2H3,(H2,11,13,21)(H2,12,14,22)(H2,15,16,17,18,19,23). The van der Waals surface area contributed by atoms with E-state index >= 15 is 0 Å². The van der Waals surface area contributed by atoms with Gasteiger partial charge in [0, 0.05) is 40.3 Å². The maximum absolute atomic E-state index is 12.1. The van der Waals surface area contributed by atoms with Crippen LogP contribution in [0.25, 0.3) is 0 Å². The maximum Gasteiger partial charge on any atom is 0.324 e. The molecular weight excluding hydrogens is 308 g/mol. The van der Waals surface area contributed by atoms with E-state index in [-0.39, 0.29) is 44.2 Å². The van der Waals surface area contributed by atoms with Crippen LogP contribution in [0.5, 0.6) is 0 Å². The van der Waals surface area contributed by atoms with Crippen LogP contribution in [0.15, 0.2) is 0 Å². The van der Waals surface area contributed by atoms with Crippen LogP contribution in [0.4, 0.5) is 20.3 Å². The van der Waals surface area contributed by atoms with Crippen LogP contribution >= 0.6 is 0 Å². The molecule has 0 bridgehead atoms. The molecule has 1 aromatic heterocycles. The number of nitrogens with zero attached hydrogens (tertiary/aromatic N) is 4. The number of carbonyl (C=O) groups is 3. The predicted octanol–water partition coefficient (Wildman–Crippen LogP) is -2.11. The van der Waals surface area contributed by atoms with Gasteiger partial charge in [-0.05, 0) is 5.21 Å². The molecule has 0 aromatic carbocycles. The van der Waals surface area contributed by atoms with Gasteiger partial charge < -0.3 is 26.2 Å². The van der Waals surface area contributed by atoms with Gasteiger partial charge in [0.25, 0.3) is 5.95 Å². The predicted molar refractivity (Wildman–Crippen MR) is 79.7 cm³/mol. The Bertz CT molecular complexity index is 483. The average molecular weight is 328 g/mol. The first-order valence-corrected chi connectivity index (χ1v) is 6.77. The van der Waals surface area contributed by atoms with Crippen LogP contribution in [0.2, 0.25) is 0 Å². The number of rotatable bonds is 7. The maximum atomic E-state index is 12.1. The summed E-state index contributed by atoms with van der Waals surface area (Å²) in [5.41, 5.74) is 0. The minimum absolute atomic E-state index is 0.0264. The lowest BCUT2D eigenvalue weighted by Gasteiger charge is -2.22. The van der Waals surface area contributed by atoms with E-state index in [1.54, 1.807) is 0 Å². The molecule has 23 heavy (non-hydrogen) atoms. The lowest BCUT2D eigenvalue weighted by atomic mass is 10.4. The molecule has 1 rings (SSSR count). The van der Waals surface area contributed by atoms with Gasteiger partial charge in [0.15, 0.2) is 0 Å². The third kappa shape index (κ3) is 6.92. The average Bonchev–Trinajstić information content (AvgIpc) is 3.05. The van der Waals surface area contributed by atoms with E-state index in [2.05, 4.69) is 47.2 Å². The molecule has 0 fully saturated rings. The number of urea groups is 3. The van der Waals surface area contributed by atoms with Gasteiger partial charge in [0.1, 0.15) is 0 Å². The summed E-state index contributed by atoms with van der Waals surface area (Å²) in [5.74, 6) is 0.0264. The smallest absolute Gasteiger partial charge is 0.324 e. The Balaban J connectivity index is 2.50. The molecule has 128 valence electrons. The van der Waals surface area contributed by atoms with E-state index in [1.165, 1.54) is 19.0 Å². The van der Waals surface area contributed by atoms with Crippen molar-refractivity contribution in [1.82, 2.24) is 46.8 Å². The number of tetrazole rings is 1. The molecule has 0 radical (unpaired) electrons. The molecule has 6 N–H and O–H groups in total. The van der Waals surface area contributed by atoms with Crippen molar-refractivity contribution in [3.63, 3.8) is 0 Å². The summed E-state index contributed by atoms with van der Waals surface area (Å²) in [6.07, 6.45) is 0. The minimum Gasteiger partial charge on any atom is -0.341 e. The normalized spacial score (nSPS) is 9.65. The molecule has 0 aliphatic heterocycles. The quantitative estimate of drug-likeness (QED) is 0.335. The molecule has 13 nitrogen and oxygen atoms in total. The summed E-state index contributed by atoms with van der Waals surface area (Å²) in [5, 5.41) is 25.2. The Morgan fingerprint density at radius 1 is 1.04 bits per heavy atom. The fourth-order valence-electron chi connectivity index (χ4n) is 1.49. The van der Waals surface area contributed by atoms with Crippen molar-refractivity contribution in [2.24, 2.45) is 0 Å². The number of amides is 6. The zero-order valence-corrected chi connectivity index (χ0v) is 12.8. The second-order valence-electron chi connectivity index (χ2n) is 4.16. The minimum atomic E-state index is -0.483. The molecule has 1 aromatic rings. The number of aromatic nitrogens is 4. The number of anilines is 1. The molecule has 0 atom stereocenters. The molecule has 0 spiro atoms. The summed E-state index contributed by atoms with van der Waals surface area (Å²) < 4.78 is 0. The summed E-state index contributed by atoms with van der Waals surface area (Å²) >= 11 is 0. The number of carbonyl (C=O) groups excluding carboxylic acids is 3. The van der Waals surface area contributed by atoms with Crippen molar-refractivity contribution >= 4 is 24.0 Å². The second-order valence-corrected chi connectivity index (χ2v) is 4.16. The monoisotopic (exact) mass is 328 g/mol. The third-order valence-electron chi connectivity index (χ3n) is 2.64. The van der Waals surface area contributed by atoms with Crippen molar-refractivity contribution in [3.8, 4) is 0 Å². The van der Waals surface area contributed by atoms with Crippen LogP contribution in [-0.4, -0.2) is 83.9 Å². The first kappa shape index (κ1) is 17.9. The van der Waals surface area contributed by atoms with Crippen molar-refractivity contribution < 1.29 is 14.4 Å². The van der Waals surface area contributed by atoms with Gasteiger partial charge in [-0.25, -0.2) is 14.4 Å². The largest absolute Gasteiger partial charge is 0.341 e. The number of hydrogen-bond acceptors (Lipinski definition) is 6. The van der Waals surface area contributed by atoms with E-state index < -0.39 is 6.03 Å². The Hall–Kier alpha value is -3.12. The molecule has 0 aliphatic rings. The van der Waals surface area contributed by atoms with E-state index in [4.69, 9.17) is 0 Å². The second kappa shape index (κ2) is 9.75. The summed E-state index contributed by atoms with van der Waals surface area (Å²) in [6.45, 7) is 0.928. The molecule has 13 heteroatoms. The number of H-pyrrole nitrogens is 1. The highest BCUT2D eigenvalue weighted by Crippen LogP contribution is 1.96. The van der Waals surface area contributed by atoms with Crippen LogP contribution < -0.4 is 26.6 Å². The molecular formula is C10H20N10O3. The highest BCUT2D eigenvalue weighted by atomic mass is 16.2. The first-order valence-electron chi connectivity index (χ1n) is 6.77. The zero-order valence-electron chi connectivity index (χ0n) is 12.8. The first-order chi connectivity index (χ1) is 11.1. The lowest BCUT2D eigenvalue weighted by Crippen LogP contribution is -2.46. The Morgan fingerprint density at radius 3 is 2.04 bits per heavy atom. The van der Waals surface area contributed by atoms with Gasteiger partial charge in [0.2, 0.25) is 0 Å². The summed E-state index contributed by atoms with van der Waals surface area (Å²) in [6, 6.07) is -1.19. The molecule has 1 heterocycles. The van der Waals surface area contributed by atoms with Gasteiger partial charge in [-0.1, -0.05) is 5.10 Å². The van der Waals surface area contributed by atoms with Crippen LogP contribution in [0.1, 0.15) is 0 Å². The van der Waals surface area contributed by atoms with Crippen LogP contribution in [0.3, 0.4) is 0 Å². The number of nitrogens with one attached hydrogen (secondary N) is 6. The van der Waals surface area contributed by atoms with Crippen LogP contribution in [-0.2, 0) is 0 Å². The van der Waals surface area contributed by atoms with E-state index in [0.717, 1.165) is 0 Å². The van der Waals surface area contributed by atoms with E-state index in [9.17, 15) is 14.4 Å². The van der Waals surface area contributed by atoms with Crippen molar-refractivity contribution in [3.05, 3.63) is 0 Å². The van der Waals surface area contributed by atoms with Gasteiger partial charge in [-0.3, -0.25) is 5.32 Å². The molecule has 0 aliphatic carbocycles. The highest BCUT2D eigenvalue weighted by molar-refractivity contribution is 5.87. The third-order valence-corrected chi connectivity index (χ3v) is 2.64. The zero-order chi connectivity index (χ0) is 17.1. The molecule has 0 unspecified atom stereocenters.